The van der Waals surface area contributed by atoms with Gasteiger partial charge in [0.25, 0.3) is 0 Å². The van der Waals surface area contributed by atoms with Gasteiger partial charge in [-0.05, 0) is 24.6 Å². The van der Waals surface area contributed by atoms with Crippen molar-refractivity contribution in [2.24, 2.45) is 0 Å². The lowest BCUT2D eigenvalue weighted by atomic mass is 10.1. The van der Waals surface area contributed by atoms with Crippen LogP contribution in [0.1, 0.15) is 5.56 Å². The maximum atomic E-state index is 12.1. The molecule has 1 aromatic heterocycles. The zero-order valence-corrected chi connectivity index (χ0v) is 8.39. The van der Waals surface area contributed by atoms with E-state index in [9.17, 15) is 9.18 Å². The summed E-state index contributed by atoms with van der Waals surface area (Å²) in [7, 11) is 0. The summed E-state index contributed by atoms with van der Waals surface area (Å²) >= 11 is 0. The second-order valence-electron chi connectivity index (χ2n) is 3.21. The van der Waals surface area contributed by atoms with Crippen molar-refractivity contribution in [3.05, 3.63) is 47.3 Å². The monoisotopic (exact) mass is 220 g/mol. The Morgan fingerprint density at radius 2 is 2.31 bits per heavy atom. The van der Waals surface area contributed by atoms with E-state index in [4.69, 9.17) is 11.3 Å². The Balaban J connectivity index is 2.41. The number of hydrogen-bond donors (Lipinski definition) is 0. The van der Waals surface area contributed by atoms with E-state index in [1.54, 1.807) is 24.3 Å². The summed E-state index contributed by atoms with van der Waals surface area (Å²) in [6.45, 7) is 4.81. The molecular weight excluding hydrogens is 211 g/mol. The number of nitrogens with zero attached hydrogens (tertiary/aromatic N) is 2. The topological polar surface area (TPSA) is 48.0 Å². The van der Waals surface area contributed by atoms with Crippen LogP contribution in [0.2, 0.25) is 0 Å². The predicted octanol–water partition coefficient (Wildman–Crippen LogP) is 1.53. The normalized spacial score (nSPS) is 10.6. The number of aryl methyl sites for hydroxylation is 1. The van der Waals surface area contributed by atoms with E-state index in [-0.39, 0.29) is 12.4 Å². The molecule has 0 N–H and O–H groups in total. The maximum absolute atomic E-state index is 12.1. The predicted molar refractivity (Wildman–Crippen MR) is 55.6 cm³/mol. The average Bonchev–Trinajstić information content (AvgIpc) is 2.61. The fraction of sp³-hybridized carbons (Fsp3) is 0.182. The fourth-order valence-electron chi connectivity index (χ4n) is 1.32. The standard InChI is InChI=1S/C11H9FN2O2/c1-8-3-2-4-9(7-8)10-13-14(6-5-12)11(15)16-10/h1-4,7H,5-6H2. The van der Waals surface area contributed by atoms with Crippen molar-refractivity contribution in [1.82, 2.24) is 9.78 Å². The Labute approximate surface area is 91.3 Å². The zero-order valence-electron chi connectivity index (χ0n) is 8.39. The fourth-order valence-corrected chi connectivity index (χ4v) is 1.32. The van der Waals surface area contributed by atoms with Crippen LogP contribution in [0.5, 0.6) is 0 Å². The third-order valence-corrected chi connectivity index (χ3v) is 2.04. The highest BCUT2D eigenvalue weighted by Gasteiger charge is 2.09. The average molecular weight is 220 g/mol. The van der Waals surface area contributed by atoms with Crippen molar-refractivity contribution in [1.29, 1.82) is 0 Å². The van der Waals surface area contributed by atoms with Crippen LogP contribution in [0.25, 0.3) is 11.5 Å². The Kier molecular flexibility index (Phi) is 2.85. The molecule has 2 rings (SSSR count). The van der Waals surface area contributed by atoms with Crippen LogP contribution < -0.4 is 5.76 Å². The lowest BCUT2D eigenvalue weighted by Gasteiger charge is -1.95. The van der Waals surface area contributed by atoms with Crippen molar-refractivity contribution in [3.63, 3.8) is 0 Å². The van der Waals surface area contributed by atoms with Crippen LogP contribution in [0.15, 0.2) is 33.5 Å². The van der Waals surface area contributed by atoms with E-state index in [0.29, 0.717) is 11.1 Å². The maximum Gasteiger partial charge on any atom is 0.437 e. The lowest BCUT2D eigenvalue weighted by Crippen LogP contribution is -2.16. The Morgan fingerprint density at radius 3 is 3.00 bits per heavy atom. The molecule has 0 spiro atoms. The van der Waals surface area contributed by atoms with E-state index < -0.39 is 12.4 Å². The molecule has 4 nitrogen and oxygen atoms in total. The Morgan fingerprint density at radius 1 is 1.50 bits per heavy atom. The Bertz CT molecular complexity index is 545. The van der Waals surface area contributed by atoms with Gasteiger partial charge in [0, 0.05) is 5.56 Å². The van der Waals surface area contributed by atoms with Gasteiger partial charge < -0.3 is 4.42 Å². The first-order valence-electron chi connectivity index (χ1n) is 4.70. The number of halogens is 1. The van der Waals surface area contributed by atoms with Gasteiger partial charge in [0.1, 0.15) is 6.67 Å². The van der Waals surface area contributed by atoms with E-state index in [1.807, 2.05) is 0 Å². The molecule has 2 aromatic rings. The number of benzene rings is 1. The van der Waals surface area contributed by atoms with Gasteiger partial charge in [0.05, 0.1) is 6.54 Å². The molecule has 0 saturated carbocycles. The summed E-state index contributed by atoms with van der Waals surface area (Å²) in [4.78, 5) is 11.2. The number of alkyl halides is 1. The summed E-state index contributed by atoms with van der Waals surface area (Å²) in [5, 5.41) is 3.85. The van der Waals surface area contributed by atoms with Crippen LogP contribution in [0, 0.1) is 6.92 Å². The summed E-state index contributed by atoms with van der Waals surface area (Å²) < 4.78 is 17.9. The molecule has 2 radical (unpaired) electrons. The Hall–Kier alpha value is -1.91. The first-order chi connectivity index (χ1) is 7.70. The van der Waals surface area contributed by atoms with Gasteiger partial charge in [-0.3, -0.25) is 0 Å². The third-order valence-electron chi connectivity index (χ3n) is 2.04. The highest BCUT2D eigenvalue weighted by Crippen LogP contribution is 2.16. The van der Waals surface area contributed by atoms with E-state index >= 15 is 0 Å². The lowest BCUT2D eigenvalue weighted by molar-refractivity contribution is 0.403. The molecule has 0 aliphatic rings. The SMILES string of the molecule is [CH]c1cccc(-c2nn(CCF)c(=O)o2)c1. The minimum atomic E-state index is -0.671. The van der Waals surface area contributed by atoms with Crippen molar-refractivity contribution in [3.8, 4) is 11.5 Å². The molecule has 1 aromatic carbocycles. The van der Waals surface area contributed by atoms with Gasteiger partial charge in [0.15, 0.2) is 0 Å². The number of rotatable bonds is 3. The van der Waals surface area contributed by atoms with E-state index in [2.05, 4.69) is 5.10 Å². The molecule has 0 bridgehead atoms. The van der Waals surface area contributed by atoms with Gasteiger partial charge in [-0.2, -0.15) is 4.68 Å². The summed E-state index contributed by atoms with van der Waals surface area (Å²) in [5.74, 6) is -0.527. The summed E-state index contributed by atoms with van der Waals surface area (Å²) in [6.07, 6.45) is 0. The molecule has 5 heteroatoms. The van der Waals surface area contributed by atoms with Crippen molar-refractivity contribution in [2.75, 3.05) is 6.67 Å². The molecule has 82 valence electrons. The van der Waals surface area contributed by atoms with Gasteiger partial charge in [0.2, 0.25) is 5.89 Å². The smallest absolute Gasteiger partial charge is 0.388 e. The van der Waals surface area contributed by atoms with Crippen LogP contribution in [0.3, 0.4) is 0 Å². The molecule has 1 heterocycles. The minimum absolute atomic E-state index is 0.106. The highest BCUT2D eigenvalue weighted by atomic mass is 19.1. The van der Waals surface area contributed by atoms with E-state index in [1.165, 1.54) is 0 Å². The number of hydrogen-bond acceptors (Lipinski definition) is 3. The largest absolute Gasteiger partial charge is 0.437 e. The van der Waals surface area contributed by atoms with Crippen molar-refractivity contribution < 1.29 is 8.81 Å². The molecule has 0 saturated heterocycles. The number of aromatic nitrogens is 2. The van der Waals surface area contributed by atoms with Gasteiger partial charge in [-0.25, -0.2) is 9.18 Å². The van der Waals surface area contributed by atoms with Gasteiger partial charge in [-0.15, -0.1) is 5.10 Å². The molecule has 16 heavy (non-hydrogen) atoms. The quantitative estimate of drug-likeness (QED) is 0.788. The first kappa shape index (κ1) is 10.6. The molecule has 0 amide bonds. The molecular formula is C11H9FN2O2. The third kappa shape index (κ3) is 2.03. The van der Waals surface area contributed by atoms with Crippen LogP contribution in [-0.2, 0) is 6.54 Å². The first-order valence-corrected chi connectivity index (χ1v) is 4.70. The zero-order chi connectivity index (χ0) is 11.5. The van der Waals surface area contributed by atoms with Crippen LogP contribution >= 0.6 is 0 Å². The van der Waals surface area contributed by atoms with Gasteiger partial charge >= 0.3 is 5.76 Å². The van der Waals surface area contributed by atoms with E-state index in [0.717, 1.165) is 4.68 Å². The molecule has 0 fully saturated rings. The molecule has 0 aliphatic carbocycles. The molecule has 0 unspecified atom stereocenters. The van der Waals surface area contributed by atoms with Crippen molar-refractivity contribution in [2.45, 2.75) is 6.54 Å². The molecule has 0 aliphatic heterocycles. The highest BCUT2D eigenvalue weighted by molar-refractivity contribution is 5.53. The molecule has 0 atom stereocenters. The second kappa shape index (κ2) is 4.30. The van der Waals surface area contributed by atoms with Crippen LogP contribution in [-0.4, -0.2) is 16.5 Å². The second-order valence-corrected chi connectivity index (χ2v) is 3.21. The van der Waals surface area contributed by atoms with Crippen molar-refractivity contribution >= 4 is 0 Å². The minimum Gasteiger partial charge on any atom is -0.388 e. The summed E-state index contributed by atoms with van der Waals surface area (Å²) in [6, 6.07) is 6.77. The van der Waals surface area contributed by atoms with Gasteiger partial charge in [-0.1, -0.05) is 12.1 Å². The van der Waals surface area contributed by atoms with Crippen LogP contribution in [0.4, 0.5) is 4.39 Å². The summed E-state index contributed by atoms with van der Waals surface area (Å²) in [5.41, 5.74) is 1.13.